The number of carbonyl (C=O) groups excluding carboxylic acids is 3. The third-order valence-corrected chi connectivity index (χ3v) is 0. The maximum Gasteiger partial charge on any atom is 0 e. The van der Waals surface area contributed by atoms with Crippen LogP contribution in [0, 0.1) is 0 Å². The molecule has 0 aromatic carbocycles. The summed E-state index contributed by atoms with van der Waals surface area (Å²) >= 11 is 0. The van der Waals surface area contributed by atoms with E-state index in [1.807, 2.05) is 0 Å². The minimum Gasteiger partial charge on any atom is -0.724 e. The van der Waals surface area contributed by atoms with E-state index in [1.165, 1.54) is 0 Å². The minimum atomic E-state index is 0. The van der Waals surface area contributed by atoms with Crippen LogP contribution in [-0.2, 0) is 32.9 Å². The maximum absolute atomic E-state index is 8.24. The molecule has 0 aliphatic carbocycles. The molecule has 10 heavy (non-hydrogen) atoms. The van der Waals surface area contributed by atoms with E-state index < -0.39 is 0 Å². The number of hydrogen-bond acceptors (Lipinski definition) is 3. The Morgan fingerprint density at radius 2 is 0.700 bits per heavy atom. The Morgan fingerprint density at radius 1 is 0.700 bits per heavy atom. The zero-order valence-electron chi connectivity index (χ0n) is 4.51. The van der Waals surface area contributed by atoms with Crippen molar-refractivity contribution >= 4 is 18.2 Å². The average Bonchev–Trinajstić information content (AvgIpc) is 1.70. The van der Waals surface area contributed by atoms with Crippen LogP contribution < -0.4 is 0 Å². The molecule has 0 aliphatic heterocycles. The smallest absolute Gasteiger partial charge is 0 e. The van der Waals surface area contributed by atoms with Crippen LogP contribution in [0.25, 0.3) is 16.2 Å². The van der Waals surface area contributed by atoms with Gasteiger partial charge in [-0.05, 0) is 18.2 Å². The van der Waals surface area contributed by atoms with Crippen molar-refractivity contribution in [3.8, 4) is 0 Å². The molecule has 0 rings (SSSR count). The van der Waals surface area contributed by atoms with Crippen LogP contribution in [0.1, 0.15) is 0 Å². The van der Waals surface area contributed by atoms with E-state index >= 15 is 0 Å². The van der Waals surface area contributed by atoms with E-state index in [0.29, 0.717) is 18.2 Å². The first kappa shape index (κ1) is 23.3. The Kier molecular flexibility index (Phi) is 274. The van der Waals surface area contributed by atoms with Crippen molar-refractivity contribution in [1.82, 2.24) is 0 Å². The number of hydrogen-bond donors (Lipinski definition) is 0. The molecule has 0 amide bonds. The first-order valence-electron chi connectivity index (χ1n) is 1.28. The molecule has 0 heterocycles. The van der Waals surface area contributed by atoms with Crippen LogP contribution in [0.3, 0.4) is 0 Å². The Morgan fingerprint density at radius 3 is 0.700 bits per heavy atom. The molecular formula is C3N3O3V-3. The van der Waals surface area contributed by atoms with Crippen molar-refractivity contribution in [1.29, 1.82) is 0 Å². The monoisotopic (exact) mass is 177 g/mol. The zero-order valence-corrected chi connectivity index (χ0v) is 5.91. The van der Waals surface area contributed by atoms with Gasteiger partial charge in [-0.3, -0.25) is 14.4 Å². The van der Waals surface area contributed by atoms with Crippen LogP contribution >= 0.6 is 0 Å². The summed E-state index contributed by atoms with van der Waals surface area (Å²) in [6.07, 6.45) is 1.50. The second kappa shape index (κ2) is 117. The summed E-state index contributed by atoms with van der Waals surface area (Å²) < 4.78 is 0. The molecule has 0 N–H and O–H groups in total. The van der Waals surface area contributed by atoms with Crippen molar-refractivity contribution < 1.29 is 32.9 Å². The Balaban J connectivity index is -0.0000000257. The van der Waals surface area contributed by atoms with Gasteiger partial charge in [0.1, 0.15) is 0 Å². The van der Waals surface area contributed by atoms with E-state index in [1.54, 1.807) is 0 Å². The summed E-state index contributed by atoms with van der Waals surface area (Å²) in [4.78, 5) is 24.7. The molecule has 0 unspecified atom stereocenters. The molecule has 0 spiro atoms. The maximum atomic E-state index is 8.24. The van der Waals surface area contributed by atoms with Gasteiger partial charge in [0.25, 0.3) is 0 Å². The van der Waals surface area contributed by atoms with E-state index in [4.69, 9.17) is 30.6 Å². The van der Waals surface area contributed by atoms with Gasteiger partial charge in [0, 0.05) is 18.6 Å². The second-order valence-electron chi connectivity index (χ2n) is 0.274. The molecular weight excluding hydrogens is 177 g/mol. The molecule has 0 saturated heterocycles. The largest absolute Gasteiger partial charge is 0.724 e. The number of nitrogens with zero attached hydrogens (tertiary/aromatic N) is 3. The SMILES string of the molecule is [N-]=C=O.[N-]=C=O.[N-]=C=O.[V]. The Labute approximate surface area is 68.0 Å². The van der Waals surface area contributed by atoms with Crippen LogP contribution in [0.2, 0.25) is 0 Å². The van der Waals surface area contributed by atoms with Crippen LogP contribution in [0.4, 0.5) is 0 Å². The molecule has 0 atom stereocenters. The summed E-state index contributed by atoms with van der Waals surface area (Å²) in [5.41, 5.74) is 0. The normalized spacial score (nSPS) is 2.40. The molecule has 53 valence electrons. The van der Waals surface area contributed by atoms with Crippen LogP contribution in [0.5, 0.6) is 0 Å². The molecule has 0 aromatic heterocycles. The quantitative estimate of drug-likeness (QED) is 0.372. The van der Waals surface area contributed by atoms with Crippen molar-refractivity contribution in [2.75, 3.05) is 0 Å². The van der Waals surface area contributed by atoms with Crippen molar-refractivity contribution in [3.63, 3.8) is 0 Å². The number of isocyanates is 3. The molecule has 1 radical (unpaired) electrons. The summed E-state index contributed by atoms with van der Waals surface area (Å²) in [7, 11) is 0. The fraction of sp³-hybridized carbons (Fsp3) is 0. The van der Waals surface area contributed by atoms with E-state index in [9.17, 15) is 0 Å². The third kappa shape index (κ3) is 135. The van der Waals surface area contributed by atoms with Gasteiger partial charge >= 0.3 is 0 Å². The molecule has 0 saturated carbocycles. The predicted octanol–water partition coefficient (Wildman–Crippen LogP) is -0.328. The standard InChI is InChI=1S/3CNO.V/c3*2-1-3;/q3*-1;. The van der Waals surface area contributed by atoms with Gasteiger partial charge in [-0.2, -0.15) is 0 Å². The molecule has 6 nitrogen and oxygen atoms in total. The summed E-state index contributed by atoms with van der Waals surface area (Å²) in [6, 6.07) is 0. The molecule has 0 aromatic rings. The summed E-state index contributed by atoms with van der Waals surface area (Å²) in [6.45, 7) is 0. The van der Waals surface area contributed by atoms with Crippen molar-refractivity contribution in [2.24, 2.45) is 0 Å². The van der Waals surface area contributed by atoms with Gasteiger partial charge in [0.2, 0.25) is 0 Å². The van der Waals surface area contributed by atoms with E-state index in [0.717, 1.165) is 0 Å². The van der Waals surface area contributed by atoms with E-state index in [-0.39, 0.29) is 18.6 Å². The fourth-order valence-corrected chi connectivity index (χ4v) is 0. The summed E-state index contributed by atoms with van der Waals surface area (Å²) in [5.74, 6) is 0. The van der Waals surface area contributed by atoms with Gasteiger partial charge in [0.05, 0.1) is 0 Å². The van der Waals surface area contributed by atoms with E-state index in [2.05, 4.69) is 0 Å². The second-order valence-corrected chi connectivity index (χ2v) is 0.274. The molecule has 0 fully saturated rings. The minimum absolute atomic E-state index is 0. The van der Waals surface area contributed by atoms with Crippen molar-refractivity contribution in [2.45, 2.75) is 0 Å². The Bertz CT molecular complexity index is 111. The third-order valence-electron chi connectivity index (χ3n) is 0. The average molecular weight is 177 g/mol. The predicted molar refractivity (Wildman–Crippen MR) is 27.2 cm³/mol. The number of rotatable bonds is 0. The summed E-state index contributed by atoms with van der Waals surface area (Å²) in [5, 5.41) is 20.3. The van der Waals surface area contributed by atoms with Crippen LogP contribution in [0.15, 0.2) is 0 Å². The Hall–Kier alpha value is -1.28. The molecule has 7 heteroatoms. The van der Waals surface area contributed by atoms with Crippen LogP contribution in [-0.4, -0.2) is 18.2 Å². The fourth-order valence-electron chi connectivity index (χ4n) is 0. The zero-order chi connectivity index (χ0) is 8.12. The van der Waals surface area contributed by atoms with Gasteiger partial charge in [-0.15, -0.1) is 0 Å². The molecule has 0 bridgehead atoms. The van der Waals surface area contributed by atoms with Gasteiger partial charge in [-0.25, -0.2) is 0 Å². The van der Waals surface area contributed by atoms with Gasteiger partial charge in [0.15, 0.2) is 0 Å². The molecule has 0 aliphatic rings. The first-order valence-corrected chi connectivity index (χ1v) is 1.28. The first-order chi connectivity index (χ1) is 4.24. The topological polar surface area (TPSA) is 118 Å². The van der Waals surface area contributed by atoms with Gasteiger partial charge < -0.3 is 16.2 Å². The van der Waals surface area contributed by atoms with Crippen molar-refractivity contribution in [3.05, 3.63) is 16.2 Å². The van der Waals surface area contributed by atoms with Gasteiger partial charge in [-0.1, -0.05) is 0 Å².